The summed E-state index contributed by atoms with van der Waals surface area (Å²) >= 11 is 0. The summed E-state index contributed by atoms with van der Waals surface area (Å²) in [7, 11) is 0. The van der Waals surface area contributed by atoms with Crippen molar-refractivity contribution in [2.24, 2.45) is 0 Å². The summed E-state index contributed by atoms with van der Waals surface area (Å²) in [4.78, 5) is 38.4. The van der Waals surface area contributed by atoms with E-state index in [1.807, 2.05) is 0 Å². The molecule has 82 heavy (non-hydrogen) atoms. The molecule has 472 valence electrons. The van der Waals surface area contributed by atoms with E-state index >= 15 is 0 Å². The van der Waals surface area contributed by atoms with Crippen LogP contribution in [0.25, 0.3) is 0 Å². The van der Waals surface area contributed by atoms with E-state index in [1.165, 1.54) is 199 Å². The van der Waals surface area contributed by atoms with Gasteiger partial charge in [-0.1, -0.05) is 323 Å². The van der Waals surface area contributed by atoms with Crippen molar-refractivity contribution in [2.45, 2.75) is 354 Å². The first kappa shape index (κ1) is 78.3. The third-order valence-corrected chi connectivity index (χ3v) is 15.3. The highest BCUT2D eigenvalue weighted by Gasteiger charge is 2.19. The summed E-state index contributed by atoms with van der Waals surface area (Å²) in [5.41, 5.74) is 0. The highest BCUT2D eigenvalue weighted by atomic mass is 16.6. The Kier molecular flexibility index (Phi) is 66.7. The first-order chi connectivity index (χ1) is 40.5. The fourth-order valence-electron chi connectivity index (χ4n) is 10.1. The highest BCUT2D eigenvalue weighted by molar-refractivity contribution is 5.71. The van der Waals surface area contributed by atoms with Crippen LogP contribution in [0, 0.1) is 0 Å². The van der Waals surface area contributed by atoms with E-state index in [0.717, 1.165) is 109 Å². The van der Waals surface area contributed by atoms with Gasteiger partial charge in [-0.2, -0.15) is 0 Å². The minimum Gasteiger partial charge on any atom is -0.462 e. The van der Waals surface area contributed by atoms with Gasteiger partial charge in [0.2, 0.25) is 0 Å². The van der Waals surface area contributed by atoms with Crippen LogP contribution in [0.5, 0.6) is 0 Å². The van der Waals surface area contributed by atoms with Crippen LogP contribution < -0.4 is 0 Å². The molecule has 6 nitrogen and oxygen atoms in total. The number of unbranched alkanes of at least 4 members (excludes halogenated alkanes) is 37. The predicted octanol–water partition coefficient (Wildman–Crippen LogP) is 24.4. The molecule has 0 fully saturated rings. The third kappa shape index (κ3) is 67.1. The number of esters is 3. The monoisotopic (exact) mass is 1140 g/mol. The minimum absolute atomic E-state index is 0.0877. The molecule has 0 rings (SSSR count). The molecule has 0 saturated heterocycles. The number of rotatable bonds is 64. The maximum Gasteiger partial charge on any atom is 0.306 e. The Balaban J connectivity index is 4.32. The molecule has 0 radical (unpaired) electrons. The maximum atomic E-state index is 12.9. The molecule has 0 aliphatic carbocycles. The van der Waals surface area contributed by atoms with Gasteiger partial charge in [0.1, 0.15) is 13.2 Å². The Labute approximate surface area is 508 Å². The van der Waals surface area contributed by atoms with E-state index in [9.17, 15) is 14.4 Å². The van der Waals surface area contributed by atoms with Gasteiger partial charge in [0.05, 0.1) is 0 Å². The number of carbonyl (C=O) groups is 3. The first-order valence-electron chi connectivity index (χ1n) is 35.2. The normalized spacial score (nSPS) is 12.7. The van der Waals surface area contributed by atoms with Gasteiger partial charge in [-0.05, 0) is 103 Å². The summed E-state index contributed by atoms with van der Waals surface area (Å²) in [6, 6.07) is 0. The smallest absolute Gasteiger partial charge is 0.306 e. The molecule has 0 amide bonds. The lowest BCUT2D eigenvalue weighted by molar-refractivity contribution is -0.167. The largest absolute Gasteiger partial charge is 0.462 e. The standard InChI is InChI=1S/C76H132O6/c1-4-7-10-13-16-19-22-25-28-31-33-34-35-36-37-38-39-40-41-42-44-45-48-51-54-57-60-63-66-69-75(78)81-72-73(71-80-74(77)68-65-62-59-56-53-50-47-30-27-24-21-18-15-12-9-6-3)82-76(79)70-67-64-61-58-55-52-49-46-43-32-29-26-23-20-17-14-11-8-5-2/h8,11,17,20,22,25-26,29,31,33,35-36,43,46,52,55,73H,4-7,9-10,12-16,18-19,21,23-24,27-28,30,32,34,37-42,44-45,47-51,53-54,56-72H2,1-3H3/b11-8-,20-17-,25-22-,29-26-,33-31-,36-35-,46-43-,55-52-. The van der Waals surface area contributed by atoms with Gasteiger partial charge in [0, 0.05) is 19.3 Å². The molecule has 0 aromatic heterocycles. The fraction of sp³-hybridized carbons (Fsp3) is 0.750. The zero-order chi connectivity index (χ0) is 59.2. The molecular formula is C76H132O6. The molecule has 0 spiro atoms. The van der Waals surface area contributed by atoms with E-state index < -0.39 is 6.10 Å². The van der Waals surface area contributed by atoms with Crippen LogP contribution in [0.15, 0.2) is 97.2 Å². The Bertz CT molecular complexity index is 1590. The van der Waals surface area contributed by atoms with Crippen LogP contribution in [0.2, 0.25) is 0 Å². The molecule has 0 aliphatic rings. The van der Waals surface area contributed by atoms with Gasteiger partial charge in [0.25, 0.3) is 0 Å². The van der Waals surface area contributed by atoms with Crippen molar-refractivity contribution in [2.75, 3.05) is 13.2 Å². The Morgan fingerprint density at radius 1 is 0.256 bits per heavy atom. The Hall–Kier alpha value is -3.67. The van der Waals surface area contributed by atoms with Gasteiger partial charge < -0.3 is 14.2 Å². The minimum atomic E-state index is -0.796. The molecule has 0 aliphatic heterocycles. The van der Waals surface area contributed by atoms with Gasteiger partial charge >= 0.3 is 17.9 Å². The molecule has 0 heterocycles. The van der Waals surface area contributed by atoms with E-state index in [0.29, 0.717) is 19.3 Å². The SMILES string of the molecule is CC/C=C\C/C=C\C/C=C\C/C=C\C/C=C\CCCCCC(=O)OC(COC(=O)CCCCCCCCCCCCCCCC/C=C\C/C=C\C/C=C\CCCCCCC)COC(=O)CCCCCCCCCCCCCCCCCC. The predicted molar refractivity (Wildman–Crippen MR) is 357 cm³/mol. The zero-order valence-electron chi connectivity index (χ0n) is 54.2. The molecule has 1 unspecified atom stereocenters. The second kappa shape index (κ2) is 69.8. The molecule has 1 atom stereocenters. The van der Waals surface area contributed by atoms with Crippen LogP contribution in [0.1, 0.15) is 348 Å². The lowest BCUT2D eigenvalue weighted by Crippen LogP contribution is -2.30. The van der Waals surface area contributed by atoms with Crippen LogP contribution >= 0.6 is 0 Å². The lowest BCUT2D eigenvalue weighted by Gasteiger charge is -2.18. The summed E-state index contributed by atoms with van der Waals surface area (Å²) in [6.45, 7) is 6.53. The van der Waals surface area contributed by atoms with Gasteiger partial charge in [-0.3, -0.25) is 14.4 Å². The topological polar surface area (TPSA) is 78.9 Å². The number of hydrogen-bond acceptors (Lipinski definition) is 6. The van der Waals surface area contributed by atoms with E-state index in [4.69, 9.17) is 14.2 Å². The molecule has 0 N–H and O–H groups in total. The molecule has 6 heteroatoms. The Morgan fingerprint density at radius 3 is 0.756 bits per heavy atom. The molecular weight excluding hydrogens is 1010 g/mol. The van der Waals surface area contributed by atoms with E-state index in [1.54, 1.807) is 0 Å². The second-order valence-corrected chi connectivity index (χ2v) is 23.4. The average molecular weight is 1140 g/mol. The van der Waals surface area contributed by atoms with Crippen LogP contribution in [-0.2, 0) is 28.6 Å². The molecule has 0 saturated carbocycles. The third-order valence-electron chi connectivity index (χ3n) is 15.3. The van der Waals surface area contributed by atoms with Crippen LogP contribution in [-0.4, -0.2) is 37.2 Å². The maximum absolute atomic E-state index is 12.9. The summed E-state index contributed by atoms with van der Waals surface area (Å²) in [5.74, 6) is -0.904. The number of ether oxygens (including phenoxy) is 3. The fourth-order valence-corrected chi connectivity index (χ4v) is 10.1. The van der Waals surface area contributed by atoms with Gasteiger partial charge in [-0.15, -0.1) is 0 Å². The van der Waals surface area contributed by atoms with Crippen molar-refractivity contribution in [3.8, 4) is 0 Å². The second-order valence-electron chi connectivity index (χ2n) is 23.4. The van der Waals surface area contributed by atoms with Crippen molar-refractivity contribution in [3.05, 3.63) is 97.2 Å². The molecule has 0 bridgehead atoms. The number of carbonyl (C=O) groups excluding carboxylic acids is 3. The lowest BCUT2D eigenvalue weighted by atomic mass is 10.0. The van der Waals surface area contributed by atoms with Crippen molar-refractivity contribution in [1.29, 1.82) is 0 Å². The van der Waals surface area contributed by atoms with Gasteiger partial charge in [-0.25, -0.2) is 0 Å². The van der Waals surface area contributed by atoms with E-state index in [2.05, 4.69) is 118 Å². The average Bonchev–Trinajstić information content (AvgIpc) is 3.47. The summed E-state index contributed by atoms with van der Waals surface area (Å²) in [6.07, 6.45) is 94.3. The Morgan fingerprint density at radius 2 is 0.476 bits per heavy atom. The van der Waals surface area contributed by atoms with Crippen molar-refractivity contribution >= 4 is 17.9 Å². The van der Waals surface area contributed by atoms with Gasteiger partial charge in [0.15, 0.2) is 6.10 Å². The number of allylic oxidation sites excluding steroid dienone is 16. The summed E-state index contributed by atoms with van der Waals surface area (Å²) < 4.78 is 17.0. The van der Waals surface area contributed by atoms with Crippen molar-refractivity contribution < 1.29 is 28.6 Å². The number of hydrogen-bond donors (Lipinski definition) is 0. The van der Waals surface area contributed by atoms with Crippen LogP contribution in [0.3, 0.4) is 0 Å². The molecule has 0 aromatic carbocycles. The first-order valence-corrected chi connectivity index (χ1v) is 35.2. The van der Waals surface area contributed by atoms with Crippen molar-refractivity contribution in [3.63, 3.8) is 0 Å². The zero-order valence-corrected chi connectivity index (χ0v) is 54.2. The van der Waals surface area contributed by atoms with E-state index in [-0.39, 0.29) is 31.1 Å². The van der Waals surface area contributed by atoms with Crippen LogP contribution in [0.4, 0.5) is 0 Å². The highest BCUT2D eigenvalue weighted by Crippen LogP contribution is 2.17. The quantitative estimate of drug-likeness (QED) is 0.0261. The van der Waals surface area contributed by atoms with Crippen molar-refractivity contribution in [1.82, 2.24) is 0 Å². The molecule has 0 aromatic rings. The summed E-state index contributed by atoms with van der Waals surface area (Å²) in [5, 5.41) is 0.